The van der Waals surface area contributed by atoms with Crippen LogP contribution in [0, 0.1) is 13.8 Å². The molecule has 0 aliphatic heterocycles. The number of hydrogen-bond donors (Lipinski definition) is 2. The summed E-state index contributed by atoms with van der Waals surface area (Å²) in [6, 6.07) is 0. The molecule has 0 radical (unpaired) electrons. The number of rotatable bonds is 6. The van der Waals surface area contributed by atoms with E-state index in [4.69, 9.17) is 0 Å². The summed E-state index contributed by atoms with van der Waals surface area (Å²) in [5, 5.41) is 7.34. The predicted molar refractivity (Wildman–Crippen MR) is 93.6 cm³/mol. The lowest BCUT2D eigenvalue weighted by molar-refractivity contribution is 0.544. The molecule has 126 valence electrons. The van der Waals surface area contributed by atoms with E-state index in [2.05, 4.69) is 27.5 Å². The van der Waals surface area contributed by atoms with Gasteiger partial charge in [0.1, 0.15) is 0 Å². The van der Waals surface area contributed by atoms with E-state index in [-0.39, 0.29) is 0 Å². The van der Waals surface area contributed by atoms with Crippen molar-refractivity contribution in [3.05, 3.63) is 15.6 Å². The van der Waals surface area contributed by atoms with Gasteiger partial charge in [-0.25, -0.2) is 13.4 Å². The maximum absolute atomic E-state index is 11.7. The van der Waals surface area contributed by atoms with Gasteiger partial charge in [0.25, 0.3) is 0 Å². The second kappa shape index (κ2) is 7.41. The van der Waals surface area contributed by atoms with E-state index in [9.17, 15) is 8.42 Å². The van der Waals surface area contributed by atoms with Crippen LogP contribution in [0.15, 0.2) is 4.99 Å². The molecule has 1 aromatic rings. The molecule has 0 aliphatic rings. The fourth-order valence-electron chi connectivity index (χ4n) is 1.58. The molecule has 0 amide bonds. The van der Waals surface area contributed by atoms with Crippen LogP contribution in [0.2, 0.25) is 0 Å². The van der Waals surface area contributed by atoms with Gasteiger partial charge in [-0.3, -0.25) is 4.99 Å². The molecule has 1 rings (SSSR count). The Morgan fingerprint density at radius 1 is 1.32 bits per heavy atom. The maximum atomic E-state index is 11.7. The molecule has 1 heterocycles. The quantitative estimate of drug-likeness (QED) is 0.599. The Hall–Kier alpha value is -1.15. The highest BCUT2D eigenvalue weighted by atomic mass is 32.2. The molecule has 0 aromatic carbocycles. The van der Waals surface area contributed by atoms with Crippen molar-refractivity contribution in [3.8, 4) is 0 Å². The molecule has 0 unspecified atom stereocenters. The van der Waals surface area contributed by atoms with E-state index in [1.165, 1.54) is 11.1 Å². The summed E-state index contributed by atoms with van der Waals surface area (Å²) in [5.41, 5.74) is 1.08. The van der Waals surface area contributed by atoms with Crippen molar-refractivity contribution < 1.29 is 8.42 Å². The Morgan fingerprint density at radius 2 is 1.95 bits per heavy atom. The van der Waals surface area contributed by atoms with Crippen molar-refractivity contribution >= 4 is 27.1 Å². The monoisotopic (exact) mass is 346 g/mol. The summed E-state index contributed by atoms with van der Waals surface area (Å²) < 4.78 is 22.5. The van der Waals surface area contributed by atoms with Crippen LogP contribution in [-0.4, -0.2) is 50.5 Å². The van der Waals surface area contributed by atoms with Gasteiger partial charge in [-0.05, 0) is 27.7 Å². The molecule has 0 spiro atoms. The number of nitrogens with zero attached hydrogens (tertiary/aromatic N) is 2. The second-order valence-electron chi connectivity index (χ2n) is 5.88. The first-order chi connectivity index (χ1) is 10.1. The minimum Gasteiger partial charge on any atom is -0.356 e. The van der Waals surface area contributed by atoms with E-state index in [1.54, 1.807) is 32.2 Å². The molecular weight excluding hydrogens is 320 g/mol. The molecule has 8 heteroatoms. The molecule has 0 fully saturated rings. The van der Waals surface area contributed by atoms with Crippen LogP contribution < -0.4 is 10.6 Å². The Morgan fingerprint density at radius 3 is 2.41 bits per heavy atom. The normalized spacial score (nSPS) is 13.3. The van der Waals surface area contributed by atoms with Crippen molar-refractivity contribution in [2.24, 2.45) is 4.99 Å². The summed E-state index contributed by atoms with van der Waals surface area (Å²) in [5.74, 6) is 0.599. The third-order valence-corrected chi connectivity index (χ3v) is 6.90. The highest BCUT2D eigenvalue weighted by Crippen LogP contribution is 2.16. The van der Waals surface area contributed by atoms with Crippen molar-refractivity contribution in [1.29, 1.82) is 0 Å². The summed E-state index contributed by atoms with van der Waals surface area (Å²) >= 11 is 1.70. The van der Waals surface area contributed by atoms with Crippen LogP contribution in [-0.2, 0) is 16.3 Å². The van der Waals surface area contributed by atoms with Crippen LogP contribution in [0.25, 0.3) is 0 Å². The lowest BCUT2D eigenvalue weighted by atomic mass is 10.2. The number of sulfone groups is 1. The number of thiazole rings is 1. The molecule has 0 saturated heterocycles. The highest BCUT2D eigenvalue weighted by molar-refractivity contribution is 7.92. The number of aromatic nitrogens is 1. The van der Waals surface area contributed by atoms with Crippen molar-refractivity contribution in [3.63, 3.8) is 0 Å². The van der Waals surface area contributed by atoms with E-state index < -0.39 is 14.6 Å². The molecule has 2 N–H and O–H groups in total. The molecule has 0 bridgehead atoms. The lowest BCUT2D eigenvalue weighted by Crippen LogP contribution is -2.48. The van der Waals surface area contributed by atoms with Gasteiger partial charge in [0.2, 0.25) is 0 Å². The first-order valence-electron chi connectivity index (χ1n) is 7.14. The van der Waals surface area contributed by atoms with E-state index in [0.29, 0.717) is 19.0 Å². The smallest absolute Gasteiger partial charge is 0.191 e. The van der Waals surface area contributed by atoms with E-state index in [0.717, 1.165) is 17.1 Å². The van der Waals surface area contributed by atoms with Crippen LogP contribution >= 0.6 is 11.3 Å². The summed E-state index contributed by atoms with van der Waals surface area (Å²) in [4.78, 5) is 9.84. The Labute approximate surface area is 137 Å². The molecule has 1 aromatic heterocycles. The minimum absolute atomic E-state index is 0.307. The average Bonchev–Trinajstić information content (AvgIpc) is 2.71. The van der Waals surface area contributed by atoms with Gasteiger partial charge in [-0.2, -0.15) is 0 Å². The first kappa shape index (κ1) is 18.9. The SMILES string of the molecule is CN=C(NCCc1nc(C)c(C)s1)NCC(C)(C)S(C)(=O)=O. The van der Waals surface area contributed by atoms with Gasteiger partial charge < -0.3 is 10.6 Å². The standard InChI is InChI=1S/C14H26N4O2S2/c1-10-11(2)21-12(18-10)7-8-16-13(15-5)17-9-14(3,4)22(6,19)20/h7-9H2,1-6H3,(H2,15,16,17). The zero-order chi connectivity index (χ0) is 17.0. The third kappa shape index (κ3) is 5.24. The van der Waals surface area contributed by atoms with Gasteiger partial charge in [-0.15, -0.1) is 11.3 Å². The van der Waals surface area contributed by atoms with Crippen LogP contribution in [0.5, 0.6) is 0 Å². The van der Waals surface area contributed by atoms with Crippen molar-refractivity contribution in [2.45, 2.75) is 38.9 Å². The topological polar surface area (TPSA) is 83.4 Å². The fourth-order valence-corrected chi connectivity index (χ4v) is 2.85. The number of aliphatic imine (C=N–C) groups is 1. The Bertz CT molecular complexity index is 614. The number of guanidine groups is 1. The first-order valence-corrected chi connectivity index (χ1v) is 9.84. The largest absolute Gasteiger partial charge is 0.356 e. The van der Waals surface area contributed by atoms with Gasteiger partial charge in [0.15, 0.2) is 15.8 Å². The minimum atomic E-state index is -3.13. The highest BCUT2D eigenvalue weighted by Gasteiger charge is 2.30. The predicted octanol–water partition coefficient (Wildman–Crippen LogP) is 1.29. The van der Waals surface area contributed by atoms with E-state index >= 15 is 0 Å². The molecule has 0 atom stereocenters. The lowest BCUT2D eigenvalue weighted by Gasteiger charge is -2.24. The summed E-state index contributed by atoms with van der Waals surface area (Å²) in [7, 11) is -1.46. The number of hydrogen-bond acceptors (Lipinski definition) is 5. The number of nitrogens with one attached hydrogen (secondary N) is 2. The van der Waals surface area contributed by atoms with Gasteiger partial charge in [0, 0.05) is 37.7 Å². The molecule has 6 nitrogen and oxygen atoms in total. The average molecular weight is 347 g/mol. The molecular formula is C14H26N4O2S2. The maximum Gasteiger partial charge on any atom is 0.191 e. The molecule has 0 saturated carbocycles. The van der Waals surface area contributed by atoms with Gasteiger partial charge in [-0.1, -0.05) is 0 Å². The van der Waals surface area contributed by atoms with Gasteiger partial charge in [0.05, 0.1) is 15.4 Å². The Balaban J connectivity index is 2.47. The zero-order valence-corrected chi connectivity index (χ0v) is 15.8. The van der Waals surface area contributed by atoms with E-state index in [1.807, 2.05) is 6.92 Å². The van der Waals surface area contributed by atoms with Crippen molar-refractivity contribution in [1.82, 2.24) is 15.6 Å². The summed E-state index contributed by atoms with van der Waals surface area (Å²) in [6.45, 7) is 8.48. The second-order valence-corrected chi connectivity index (χ2v) is 9.82. The number of aryl methyl sites for hydroxylation is 2. The van der Waals surface area contributed by atoms with Crippen LogP contribution in [0.1, 0.15) is 29.4 Å². The summed E-state index contributed by atoms with van der Waals surface area (Å²) in [6.07, 6.45) is 2.06. The molecule has 22 heavy (non-hydrogen) atoms. The van der Waals surface area contributed by atoms with Crippen LogP contribution in [0.3, 0.4) is 0 Å². The third-order valence-electron chi connectivity index (χ3n) is 3.61. The van der Waals surface area contributed by atoms with Crippen molar-refractivity contribution in [2.75, 3.05) is 26.4 Å². The Kier molecular flexibility index (Phi) is 6.37. The molecule has 0 aliphatic carbocycles. The zero-order valence-electron chi connectivity index (χ0n) is 14.1. The van der Waals surface area contributed by atoms with Crippen LogP contribution in [0.4, 0.5) is 0 Å². The fraction of sp³-hybridized carbons (Fsp3) is 0.714. The van der Waals surface area contributed by atoms with Gasteiger partial charge >= 0.3 is 0 Å².